The van der Waals surface area contributed by atoms with Gasteiger partial charge < -0.3 is 13.6 Å². The van der Waals surface area contributed by atoms with E-state index >= 15 is 0 Å². The lowest BCUT2D eigenvalue weighted by atomic mass is 9.95. The van der Waals surface area contributed by atoms with Crippen LogP contribution >= 0.6 is 0 Å². The summed E-state index contributed by atoms with van der Waals surface area (Å²) in [6.45, 7) is 0. The Morgan fingerprint density at radius 2 is 0.843 bits per heavy atom. The van der Waals surface area contributed by atoms with Crippen molar-refractivity contribution in [1.29, 1.82) is 0 Å². The van der Waals surface area contributed by atoms with E-state index in [0.29, 0.717) is 0 Å². The first kappa shape index (κ1) is 28.0. The molecule has 3 aromatic heterocycles. The Bertz CT molecular complexity index is 3070. The lowest BCUT2D eigenvalue weighted by molar-refractivity contribution is 0.669. The van der Waals surface area contributed by atoms with Crippen LogP contribution in [0.5, 0.6) is 0 Å². The minimum Gasteiger partial charge on any atom is -0.456 e. The molecule has 51 heavy (non-hydrogen) atoms. The molecule has 11 rings (SSSR count). The summed E-state index contributed by atoms with van der Waals surface area (Å²) in [6.07, 6.45) is 0. The molecule has 3 heterocycles. The molecule has 0 aliphatic rings. The van der Waals surface area contributed by atoms with Crippen molar-refractivity contribution < 1.29 is 4.42 Å². The summed E-state index contributed by atoms with van der Waals surface area (Å²) in [5, 5.41) is 7.17. The molecule has 0 amide bonds. The topological polar surface area (TPSA) is 23.0 Å². The Hall–Kier alpha value is -6.84. The van der Waals surface area contributed by atoms with E-state index in [2.05, 4.69) is 179 Å². The van der Waals surface area contributed by atoms with Gasteiger partial charge in [-0.25, -0.2) is 0 Å². The summed E-state index contributed by atoms with van der Waals surface area (Å²) in [4.78, 5) is 0. The second kappa shape index (κ2) is 10.8. The summed E-state index contributed by atoms with van der Waals surface area (Å²) in [7, 11) is 0. The molecule has 0 N–H and O–H groups in total. The van der Waals surface area contributed by atoms with Crippen LogP contribution in [-0.2, 0) is 0 Å². The minimum atomic E-state index is 0.914. The maximum atomic E-state index is 6.31. The second-order valence-corrected chi connectivity index (χ2v) is 13.3. The zero-order valence-electron chi connectivity index (χ0n) is 27.6. The van der Waals surface area contributed by atoms with Gasteiger partial charge in [-0.2, -0.15) is 0 Å². The van der Waals surface area contributed by atoms with Gasteiger partial charge in [-0.1, -0.05) is 133 Å². The van der Waals surface area contributed by atoms with Gasteiger partial charge in [0.1, 0.15) is 11.2 Å². The summed E-state index contributed by atoms with van der Waals surface area (Å²) >= 11 is 0. The minimum absolute atomic E-state index is 0.914. The van der Waals surface area contributed by atoms with Gasteiger partial charge in [0.15, 0.2) is 0 Å². The molecule has 0 unspecified atom stereocenters. The van der Waals surface area contributed by atoms with Crippen molar-refractivity contribution in [3.63, 3.8) is 0 Å². The van der Waals surface area contributed by atoms with E-state index in [1.807, 2.05) is 12.1 Å². The smallest absolute Gasteiger partial charge is 0.136 e. The predicted molar refractivity (Wildman–Crippen MR) is 213 cm³/mol. The number of fused-ring (bicyclic) bond motifs is 9. The highest BCUT2D eigenvalue weighted by atomic mass is 16.3. The fourth-order valence-corrected chi connectivity index (χ4v) is 8.29. The van der Waals surface area contributed by atoms with Crippen LogP contribution in [0.15, 0.2) is 186 Å². The number of furan rings is 1. The molecule has 238 valence electrons. The van der Waals surface area contributed by atoms with Crippen molar-refractivity contribution >= 4 is 65.6 Å². The van der Waals surface area contributed by atoms with Gasteiger partial charge in [0, 0.05) is 49.1 Å². The SMILES string of the molecule is c1ccc(-c2cccc(-c3ccc(-n4c5ccccc5c5cc6oc7ccccc7c6cc54)cc3)c2-n2c3ccccc3c3ccccc32)cc1. The largest absolute Gasteiger partial charge is 0.456 e. The molecule has 0 fully saturated rings. The van der Waals surface area contributed by atoms with Crippen LogP contribution in [0.4, 0.5) is 0 Å². The molecule has 0 saturated carbocycles. The number of rotatable bonds is 4. The third-order valence-corrected chi connectivity index (χ3v) is 10.5. The van der Waals surface area contributed by atoms with Crippen LogP contribution < -0.4 is 0 Å². The molecule has 0 spiro atoms. The monoisotopic (exact) mass is 650 g/mol. The van der Waals surface area contributed by atoms with Crippen LogP contribution in [0.3, 0.4) is 0 Å². The van der Waals surface area contributed by atoms with E-state index in [9.17, 15) is 0 Å². The lowest BCUT2D eigenvalue weighted by Gasteiger charge is -2.19. The van der Waals surface area contributed by atoms with Crippen LogP contribution in [-0.4, -0.2) is 9.13 Å². The maximum absolute atomic E-state index is 6.31. The van der Waals surface area contributed by atoms with Crippen molar-refractivity contribution in [2.75, 3.05) is 0 Å². The van der Waals surface area contributed by atoms with Gasteiger partial charge in [0.2, 0.25) is 0 Å². The highest BCUT2D eigenvalue weighted by Crippen LogP contribution is 2.42. The third kappa shape index (κ3) is 4.12. The molecule has 8 aromatic carbocycles. The van der Waals surface area contributed by atoms with E-state index in [0.717, 1.165) is 33.2 Å². The number of para-hydroxylation sites is 5. The van der Waals surface area contributed by atoms with Crippen LogP contribution in [0.1, 0.15) is 0 Å². The summed E-state index contributed by atoms with van der Waals surface area (Å²) < 4.78 is 11.2. The Labute approximate surface area is 293 Å². The van der Waals surface area contributed by atoms with Crippen LogP contribution in [0.25, 0.3) is 99.2 Å². The van der Waals surface area contributed by atoms with Crippen molar-refractivity contribution in [2.45, 2.75) is 0 Å². The maximum Gasteiger partial charge on any atom is 0.136 e. The average molecular weight is 651 g/mol. The van der Waals surface area contributed by atoms with E-state index in [4.69, 9.17) is 4.42 Å². The molecule has 3 heteroatoms. The number of hydrogen-bond acceptors (Lipinski definition) is 1. The van der Waals surface area contributed by atoms with Crippen molar-refractivity contribution in [2.24, 2.45) is 0 Å². The Balaban J connectivity index is 1.15. The number of benzene rings is 8. The highest BCUT2D eigenvalue weighted by molar-refractivity contribution is 6.17. The molecule has 0 radical (unpaired) electrons. The summed E-state index contributed by atoms with van der Waals surface area (Å²) in [5.41, 5.74) is 13.6. The van der Waals surface area contributed by atoms with E-state index < -0.39 is 0 Å². The highest BCUT2D eigenvalue weighted by Gasteiger charge is 2.20. The predicted octanol–water partition coefficient (Wildman–Crippen LogP) is 13.1. The van der Waals surface area contributed by atoms with Gasteiger partial charge in [-0.05, 0) is 59.7 Å². The summed E-state index contributed by atoms with van der Waals surface area (Å²) in [6, 6.07) is 65.6. The van der Waals surface area contributed by atoms with E-state index in [1.54, 1.807) is 0 Å². The molecular weight excluding hydrogens is 621 g/mol. The Kier molecular flexibility index (Phi) is 5.96. The molecule has 3 nitrogen and oxygen atoms in total. The molecule has 11 aromatic rings. The molecule has 0 aliphatic carbocycles. The van der Waals surface area contributed by atoms with Crippen LogP contribution in [0.2, 0.25) is 0 Å². The number of aromatic nitrogens is 2. The van der Waals surface area contributed by atoms with Crippen molar-refractivity contribution in [3.05, 3.63) is 182 Å². The first-order valence-electron chi connectivity index (χ1n) is 17.4. The zero-order valence-corrected chi connectivity index (χ0v) is 27.6. The molecule has 0 aliphatic heterocycles. The lowest BCUT2D eigenvalue weighted by Crippen LogP contribution is -2.01. The van der Waals surface area contributed by atoms with Crippen LogP contribution in [0, 0.1) is 0 Å². The fourth-order valence-electron chi connectivity index (χ4n) is 8.29. The molecule has 0 atom stereocenters. The van der Waals surface area contributed by atoms with E-state index in [-0.39, 0.29) is 0 Å². The van der Waals surface area contributed by atoms with Gasteiger partial charge in [-0.3, -0.25) is 0 Å². The molecule has 0 saturated heterocycles. The second-order valence-electron chi connectivity index (χ2n) is 13.3. The zero-order chi connectivity index (χ0) is 33.5. The standard InChI is InChI=1S/C48H30N2O/c1-2-13-31(14-3-1)34-19-12-20-35(48(34)50-43-22-9-4-15-36(43)37-16-5-10-23-44(37)50)32-25-27-33(28-26-32)49-42-21-8-6-17-38(42)40-30-47-41(29-45(40)49)39-18-7-11-24-46(39)51-47/h1-30H. The molecule has 0 bridgehead atoms. The van der Waals surface area contributed by atoms with E-state index in [1.165, 1.54) is 66.0 Å². The van der Waals surface area contributed by atoms with Gasteiger partial charge >= 0.3 is 0 Å². The number of nitrogens with zero attached hydrogens (tertiary/aromatic N) is 2. The van der Waals surface area contributed by atoms with Gasteiger partial charge in [0.05, 0.1) is 27.8 Å². The Morgan fingerprint density at radius 3 is 1.51 bits per heavy atom. The average Bonchev–Trinajstić information content (AvgIpc) is 3.84. The molecular formula is C48H30N2O. The number of hydrogen-bond donors (Lipinski definition) is 0. The fraction of sp³-hybridized carbons (Fsp3) is 0. The first-order valence-corrected chi connectivity index (χ1v) is 17.4. The van der Waals surface area contributed by atoms with Crippen molar-refractivity contribution in [3.8, 4) is 33.6 Å². The first-order chi connectivity index (χ1) is 25.3. The third-order valence-electron chi connectivity index (χ3n) is 10.5. The normalized spacial score (nSPS) is 11.9. The summed E-state index contributed by atoms with van der Waals surface area (Å²) in [5.74, 6) is 0. The van der Waals surface area contributed by atoms with Gasteiger partial charge in [-0.15, -0.1) is 0 Å². The quantitative estimate of drug-likeness (QED) is 0.186. The van der Waals surface area contributed by atoms with Crippen molar-refractivity contribution in [1.82, 2.24) is 9.13 Å². The van der Waals surface area contributed by atoms with Gasteiger partial charge in [0.25, 0.3) is 0 Å². The Morgan fingerprint density at radius 1 is 0.314 bits per heavy atom.